The maximum absolute atomic E-state index is 4.04. The van der Waals surface area contributed by atoms with Gasteiger partial charge in [-0.2, -0.15) is 5.10 Å². The van der Waals surface area contributed by atoms with Gasteiger partial charge in [-0.15, -0.1) is 0 Å². The molecule has 0 N–H and O–H groups in total. The largest absolute Gasteiger partial charge is 0.239 e. The molecule has 0 aliphatic carbocycles. The van der Waals surface area contributed by atoms with Crippen molar-refractivity contribution in [1.82, 2.24) is 14.8 Å². The molecule has 1 atom stereocenters. The molecule has 1 radical (unpaired) electrons. The summed E-state index contributed by atoms with van der Waals surface area (Å²) >= 11 is 3.51. The summed E-state index contributed by atoms with van der Waals surface area (Å²) < 4.78 is 1.74. The van der Waals surface area contributed by atoms with E-state index in [4.69, 9.17) is 0 Å². The van der Waals surface area contributed by atoms with E-state index < -0.39 is 0 Å². The molecule has 0 amide bonds. The van der Waals surface area contributed by atoms with Crippen molar-refractivity contribution in [3.05, 3.63) is 55.0 Å². The van der Waals surface area contributed by atoms with Crippen LogP contribution in [-0.4, -0.2) is 14.8 Å². The van der Waals surface area contributed by atoms with Gasteiger partial charge in [-0.25, -0.2) is 9.67 Å². The highest BCUT2D eigenvalue weighted by atomic mass is 79.9. The molecule has 3 nitrogen and oxygen atoms in total. The molecule has 0 aliphatic rings. The van der Waals surface area contributed by atoms with Crippen molar-refractivity contribution < 1.29 is 0 Å². The standard InChI is InChI=1S/C10H9BrN3/c11-10(14-8-12-7-13-14)6-9-4-2-1-3-5-9/h1-8,10H. The average Bonchev–Trinajstić information content (AvgIpc) is 2.72. The molecule has 0 saturated carbocycles. The molecule has 2 rings (SSSR count). The predicted molar refractivity (Wildman–Crippen MR) is 57.8 cm³/mol. The molecule has 71 valence electrons. The second kappa shape index (κ2) is 4.37. The third-order valence-electron chi connectivity index (χ3n) is 1.82. The number of hydrogen-bond acceptors (Lipinski definition) is 2. The summed E-state index contributed by atoms with van der Waals surface area (Å²) in [5.74, 6) is 0. The topological polar surface area (TPSA) is 30.7 Å². The maximum atomic E-state index is 4.04. The predicted octanol–water partition coefficient (Wildman–Crippen LogP) is 2.42. The zero-order chi connectivity index (χ0) is 9.80. The van der Waals surface area contributed by atoms with E-state index in [1.54, 1.807) is 11.0 Å². The minimum Gasteiger partial charge on any atom is -0.239 e. The van der Waals surface area contributed by atoms with Crippen LogP contribution >= 0.6 is 15.9 Å². The molecular weight excluding hydrogens is 242 g/mol. The number of nitrogens with zero attached hydrogens (tertiary/aromatic N) is 3. The first-order chi connectivity index (χ1) is 6.86. The summed E-state index contributed by atoms with van der Waals surface area (Å²) in [5.41, 5.74) is 1.16. The number of aromatic nitrogens is 3. The zero-order valence-electron chi connectivity index (χ0n) is 7.42. The summed E-state index contributed by atoms with van der Waals surface area (Å²) in [6, 6.07) is 10.1. The van der Waals surface area contributed by atoms with Gasteiger partial charge in [0, 0.05) is 6.42 Å². The highest BCUT2D eigenvalue weighted by Gasteiger charge is 2.07. The lowest BCUT2D eigenvalue weighted by Gasteiger charge is -2.08. The fraction of sp³-hybridized carbons (Fsp3) is 0.100. The molecule has 1 aromatic heterocycles. The fourth-order valence-electron chi connectivity index (χ4n) is 1.14. The van der Waals surface area contributed by atoms with Gasteiger partial charge < -0.3 is 0 Å². The van der Waals surface area contributed by atoms with Crippen LogP contribution in [0.5, 0.6) is 0 Å². The molecule has 2 aromatic rings. The van der Waals surface area contributed by atoms with E-state index in [1.165, 1.54) is 6.33 Å². The Morgan fingerprint density at radius 1 is 1.29 bits per heavy atom. The van der Waals surface area contributed by atoms with Crippen molar-refractivity contribution >= 4 is 15.9 Å². The molecule has 1 aromatic carbocycles. The average molecular weight is 251 g/mol. The van der Waals surface area contributed by atoms with Crippen molar-refractivity contribution in [2.45, 2.75) is 4.95 Å². The van der Waals surface area contributed by atoms with Gasteiger partial charge in [-0.3, -0.25) is 0 Å². The molecule has 0 spiro atoms. The Morgan fingerprint density at radius 2 is 2.07 bits per heavy atom. The van der Waals surface area contributed by atoms with Crippen LogP contribution in [0.15, 0.2) is 43.0 Å². The summed E-state index contributed by atoms with van der Waals surface area (Å²) in [5, 5.41) is 4.04. The van der Waals surface area contributed by atoms with Crippen LogP contribution in [0.25, 0.3) is 0 Å². The SMILES string of the molecule is BrC([CH]c1ccccc1)n1cncn1. The molecule has 0 fully saturated rings. The van der Waals surface area contributed by atoms with Crippen molar-refractivity contribution in [2.24, 2.45) is 0 Å². The third-order valence-corrected chi connectivity index (χ3v) is 2.50. The molecule has 0 aliphatic heterocycles. The Balaban J connectivity index is 2.06. The quantitative estimate of drug-likeness (QED) is 0.784. The number of rotatable bonds is 3. The van der Waals surface area contributed by atoms with Crippen LogP contribution in [0.4, 0.5) is 0 Å². The Labute approximate surface area is 90.9 Å². The summed E-state index contributed by atoms with van der Waals surface area (Å²) in [6.07, 6.45) is 5.26. The maximum Gasteiger partial charge on any atom is 0.137 e. The number of halogens is 1. The van der Waals surface area contributed by atoms with Gasteiger partial charge in [-0.05, 0) is 5.56 Å². The molecule has 1 heterocycles. The summed E-state index contributed by atoms with van der Waals surface area (Å²) in [7, 11) is 0. The summed E-state index contributed by atoms with van der Waals surface area (Å²) in [6.45, 7) is 0. The van der Waals surface area contributed by atoms with Gasteiger partial charge in [0.2, 0.25) is 0 Å². The molecule has 14 heavy (non-hydrogen) atoms. The van der Waals surface area contributed by atoms with Crippen LogP contribution in [0.3, 0.4) is 0 Å². The first-order valence-electron chi connectivity index (χ1n) is 4.24. The molecular formula is C10H9BrN3. The second-order valence-corrected chi connectivity index (χ2v) is 3.76. The van der Waals surface area contributed by atoms with Gasteiger partial charge in [0.25, 0.3) is 0 Å². The Hall–Kier alpha value is -1.16. The minimum atomic E-state index is 0.0485. The number of benzene rings is 1. The highest BCUT2D eigenvalue weighted by Crippen LogP contribution is 2.20. The Morgan fingerprint density at radius 3 is 2.71 bits per heavy atom. The van der Waals surface area contributed by atoms with E-state index in [2.05, 4.69) is 32.4 Å². The Kier molecular flexibility index (Phi) is 2.93. The minimum absolute atomic E-state index is 0.0485. The number of alkyl halides is 1. The van der Waals surface area contributed by atoms with Gasteiger partial charge in [0.05, 0.1) is 0 Å². The Bertz CT molecular complexity index is 372. The van der Waals surface area contributed by atoms with Gasteiger partial charge in [0.15, 0.2) is 0 Å². The smallest absolute Gasteiger partial charge is 0.137 e. The van der Waals surface area contributed by atoms with Crippen LogP contribution in [0.2, 0.25) is 0 Å². The van der Waals surface area contributed by atoms with Crippen LogP contribution < -0.4 is 0 Å². The molecule has 0 saturated heterocycles. The van der Waals surface area contributed by atoms with E-state index in [9.17, 15) is 0 Å². The lowest BCUT2D eigenvalue weighted by molar-refractivity contribution is 0.671. The highest BCUT2D eigenvalue weighted by molar-refractivity contribution is 9.09. The van der Waals surface area contributed by atoms with E-state index in [0.29, 0.717) is 0 Å². The zero-order valence-corrected chi connectivity index (χ0v) is 9.00. The first-order valence-corrected chi connectivity index (χ1v) is 5.16. The van der Waals surface area contributed by atoms with Gasteiger partial charge in [-0.1, -0.05) is 46.3 Å². The van der Waals surface area contributed by atoms with Crippen molar-refractivity contribution in [2.75, 3.05) is 0 Å². The van der Waals surface area contributed by atoms with Crippen molar-refractivity contribution in [3.8, 4) is 0 Å². The summed E-state index contributed by atoms with van der Waals surface area (Å²) in [4.78, 5) is 3.94. The first kappa shape index (κ1) is 9.40. The molecule has 0 bridgehead atoms. The van der Waals surface area contributed by atoms with Crippen LogP contribution in [0.1, 0.15) is 10.5 Å². The lowest BCUT2D eigenvalue weighted by Crippen LogP contribution is -2.03. The van der Waals surface area contributed by atoms with E-state index in [-0.39, 0.29) is 4.95 Å². The second-order valence-electron chi connectivity index (χ2n) is 2.83. The lowest BCUT2D eigenvalue weighted by atomic mass is 10.1. The number of hydrogen-bond donors (Lipinski definition) is 0. The monoisotopic (exact) mass is 250 g/mol. The van der Waals surface area contributed by atoms with E-state index >= 15 is 0 Å². The van der Waals surface area contributed by atoms with Crippen LogP contribution in [0, 0.1) is 6.42 Å². The van der Waals surface area contributed by atoms with Crippen molar-refractivity contribution in [1.29, 1.82) is 0 Å². The molecule has 1 unspecified atom stereocenters. The molecule has 4 heteroatoms. The normalized spacial score (nSPS) is 12.6. The fourth-order valence-corrected chi connectivity index (χ4v) is 1.66. The third kappa shape index (κ3) is 2.20. The van der Waals surface area contributed by atoms with Crippen LogP contribution in [-0.2, 0) is 0 Å². The van der Waals surface area contributed by atoms with Gasteiger partial charge >= 0.3 is 0 Å². The van der Waals surface area contributed by atoms with Crippen molar-refractivity contribution in [3.63, 3.8) is 0 Å². The van der Waals surface area contributed by atoms with E-state index in [1.807, 2.05) is 30.3 Å². The van der Waals surface area contributed by atoms with Gasteiger partial charge in [0.1, 0.15) is 17.6 Å². The van der Waals surface area contributed by atoms with E-state index in [0.717, 1.165) is 5.56 Å².